The van der Waals surface area contributed by atoms with Gasteiger partial charge in [-0.15, -0.1) is 11.8 Å². The molecule has 1 N–H and O–H groups in total. The summed E-state index contributed by atoms with van der Waals surface area (Å²) in [5, 5.41) is 6.86. The van der Waals surface area contributed by atoms with Crippen molar-refractivity contribution in [2.24, 2.45) is 0 Å². The van der Waals surface area contributed by atoms with E-state index in [2.05, 4.69) is 15.5 Å². The van der Waals surface area contributed by atoms with Gasteiger partial charge >= 0.3 is 0 Å². The number of para-hydroxylation sites is 1. The van der Waals surface area contributed by atoms with E-state index in [4.69, 9.17) is 4.52 Å². The van der Waals surface area contributed by atoms with Crippen molar-refractivity contribution in [3.63, 3.8) is 0 Å². The zero-order chi connectivity index (χ0) is 16.8. The summed E-state index contributed by atoms with van der Waals surface area (Å²) in [5.74, 6) is 1.36. The van der Waals surface area contributed by atoms with Gasteiger partial charge in [0.25, 0.3) is 0 Å². The highest BCUT2D eigenvalue weighted by Crippen LogP contribution is 2.24. The number of carbonyl (C=O) groups excluding carboxylic acids is 1. The lowest BCUT2D eigenvalue weighted by Crippen LogP contribution is -2.30. The van der Waals surface area contributed by atoms with E-state index in [-0.39, 0.29) is 18.4 Å². The van der Waals surface area contributed by atoms with E-state index in [1.54, 1.807) is 11.8 Å². The zero-order valence-corrected chi connectivity index (χ0v) is 14.7. The number of rotatable bonds is 7. The van der Waals surface area contributed by atoms with Crippen LogP contribution in [-0.4, -0.2) is 40.8 Å². The number of anilines is 1. The number of aromatic nitrogens is 2. The van der Waals surface area contributed by atoms with E-state index in [9.17, 15) is 4.79 Å². The third-order valence-electron chi connectivity index (χ3n) is 3.20. The van der Waals surface area contributed by atoms with Crippen molar-refractivity contribution in [3.05, 3.63) is 36.0 Å². The summed E-state index contributed by atoms with van der Waals surface area (Å²) in [7, 11) is 1.85. The largest absolute Gasteiger partial charge is 0.338 e. The number of nitrogens with one attached hydrogen (secondary N) is 1. The second kappa shape index (κ2) is 8.12. The highest BCUT2D eigenvalue weighted by Gasteiger charge is 2.14. The Morgan fingerprint density at radius 3 is 2.78 bits per heavy atom. The number of carbonyl (C=O) groups is 1. The smallest absolute Gasteiger partial charge is 0.240 e. The van der Waals surface area contributed by atoms with Gasteiger partial charge in [-0.1, -0.05) is 31.1 Å². The molecule has 1 heterocycles. The van der Waals surface area contributed by atoms with Crippen LogP contribution < -0.4 is 5.32 Å². The monoisotopic (exact) mass is 334 g/mol. The molecule has 6 nitrogen and oxygen atoms in total. The van der Waals surface area contributed by atoms with Crippen LogP contribution in [-0.2, 0) is 11.3 Å². The Balaban J connectivity index is 1.89. The molecule has 0 saturated heterocycles. The van der Waals surface area contributed by atoms with Crippen molar-refractivity contribution < 1.29 is 9.32 Å². The standard InChI is InChI=1S/C16H22N4O2S/c1-11(2)16-18-15(22-19-16)10-20(3)9-14(21)17-12-7-5-6-8-13(12)23-4/h5-8,11H,9-10H2,1-4H3,(H,17,21). The topological polar surface area (TPSA) is 71.3 Å². The number of hydrogen-bond donors (Lipinski definition) is 1. The molecular weight excluding hydrogens is 312 g/mol. The average Bonchev–Trinajstić information content (AvgIpc) is 2.96. The maximum atomic E-state index is 12.2. The Labute approximate surface area is 140 Å². The molecule has 0 bridgehead atoms. The minimum atomic E-state index is -0.0717. The molecule has 0 aliphatic rings. The van der Waals surface area contributed by atoms with Crippen LogP contribution in [0.15, 0.2) is 33.7 Å². The lowest BCUT2D eigenvalue weighted by molar-refractivity contribution is -0.117. The normalized spacial score (nSPS) is 11.2. The van der Waals surface area contributed by atoms with Crippen LogP contribution >= 0.6 is 11.8 Å². The van der Waals surface area contributed by atoms with Crippen molar-refractivity contribution in [1.82, 2.24) is 15.0 Å². The molecule has 124 valence electrons. The van der Waals surface area contributed by atoms with Crippen LogP contribution in [0.1, 0.15) is 31.5 Å². The second-order valence-corrected chi connectivity index (χ2v) is 6.47. The van der Waals surface area contributed by atoms with Gasteiger partial charge in [-0.25, -0.2) is 0 Å². The summed E-state index contributed by atoms with van der Waals surface area (Å²) < 4.78 is 5.20. The molecule has 23 heavy (non-hydrogen) atoms. The summed E-state index contributed by atoms with van der Waals surface area (Å²) in [6, 6.07) is 7.74. The molecule has 0 unspecified atom stereocenters. The predicted molar refractivity (Wildman–Crippen MR) is 91.6 cm³/mol. The van der Waals surface area contributed by atoms with Crippen molar-refractivity contribution in [1.29, 1.82) is 0 Å². The Kier molecular flexibility index (Phi) is 6.18. The minimum absolute atomic E-state index is 0.0717. The molecule has 0 aliphatic carbocycles. The van der Waals surface area contributed by atoms with E-state index >= 15 is 0 Å². The molecule has 0 spiro atoms. The van der Waals surface area contributed by atoms with E-state index in [1.807, 2.05) is 56.3 Å². The molecule has 0 fully saturated rings. The van der Waals surface area contributed by atoms with E-state index in [0.717, 1.165) is 10.6 Å². The summed E-state index contributed by atoms with van der Waals surface area (Å²) in [6.07, 6.45) is 1.99. The first-order valence-corrected chi connectivity index (χ1v) is 8.66. The maximum Gasteiger partial charge on any atom is 0.240 e. The quantitative estimate of drug-likeness (QED) is 0.785. The SMILES string of the molecule is CSc1ccccc1NC(=O)CN(C)Cc1nc(C(C)C)no1. The molecular formula is C16H22N4O2S. The van der Waals surface area contributed by atoms with Crippen molar-refractivity contribution >= 4 is 23.4 Å². The minimum Gasteiger partial charge on any atom is -0.338 e. The maximum absolute atomic E-state index is 12.2. The van der Waals surface area contributed by atoms with Gasteiger partial charge in [0, 0.05) is 10.8 Å². The van der Waals surface area contributed by atoms with Crippen molar-refractivity contribution in [2.45, 2.75) is 31.2 Å². The summed E-state index contributed by atoms with van der Waals surface area (Å²) >= 11 is 1.60. The molecule has 2 rings (SSSR count). The highest BCUT2D eigenvalue weighted by molar-refractivity contribution is 7.98. The Morgan fingerprint density at radius 2 is 2.13 bits per heavy atom. The average molecular weight is 334 g/mol. The van der Waals surface area contributed by atoms with E-state index < -0.39 is 0 Å². The van der Waals surface area contributed by atoms with Gasteiger partial charge in [-0.2, -0.15) is 4.98 Å². The summed E-state index contributed by atoms with van der Waals surface area (Å²) in [4.78, 5) is 19.4. The van der Waals surface area contributed by atoms with Crippen LogP contribution in [0.25, 0.3) is 0 Å². The fraction of sp³-hybridized carbons (Fsp3) is 0.438. The molecule has 2 aromatic rings. The number of nitrogens with zero attached hydrogens (tertiary/aromatic N) is 3. The first-order valence-electron chi connectivity index (χ1n) is 7.43. The van der Waals surface area contributed by atoms with Gasteiger partial charge in [0.05, 0.1) is 18.8 Å². The van der Waals surface area contributed by atoms with Crippen molar-refractivity contribution in [2.75, 3.05) is 25.2 Å². The molecule has 0 atom stereocenters. The fourth-order valence-electron chi connectivity index (χ4n) is 2.04. The molecule has 0 aliphatic heterocycles. The van der Waals surface area contributed by atoms with Gasteiger partial charge in [-0.3, -0.25) is 9.69 Å². The number of hydrogen-bond acceptors (Lipinski definition) is 6. The van der Waals surface area contributed by atoms with E-state index in [0.29, 0.717) is 18.3 Å². The molecule has 7 heteroatoms. The number of amides is 1. The Morgan fingerprint density at radius 1 is 1.39 bits per heavy atom. The molecule has 0 radical (unpaired) electrons. The highest BCUT2D eigenvalue weighted by atomic mass is 32.2. The van der Waals surface area contributed by atoms with Gasteiger partial charge in [-0.05, 0) is 25.4 Å². The van der Waals surface area contributed by atoms with Crippen LogP contribution in [0.2, 0.25) is 0 Å². The molecule has 1 aromatic heterocycles. The van der Waals surface area contributed by atoms with Gasteiger partial charge in [0.1, 0.15) is 0 Å². The lowest BCUT2D eigenvalue weighted by Gasteiger charge is -2.15. The Hall–Kier alpha value is -1.86. The van der Waals surface area contributed by atoms with Crippen LogP contribution in [0.4, 0.5) is 5.69 Å². The van der Waals surface area contributed by atoms with Gasteiger partial charge in [0.2, 0.25) is 11.8 Å². The number of thioether (sulfide) groups is 1. The third-order valence-corrected chi connectivity index (χ3v) is 4.00. The zero-order valence-electron chi connectivity index (χ0n) is 13.9. The van der Waals surface area contributed by atoms with Crippen LogP contribution in [0.3, 0.4) is 0 Å². The summed E-state index contributed by atoms with van der Waals surface area (Å²) in [6.45, 7) is 4.71. The second-order valence-electron chi connectivity index (χ2n) is 5.62. The molecule has 0 saturated carbocycles. The predicted octanol–water partition coefficient (Wildman–Crippen LogP) is 2.99. The van der Waals surface area contributed by atoms with E-state index in [1.165, 1.54) is 0 Å². The van der Waals surface area contributed by atoms with Crippen molar-refractivity contribution in [3.8, 4) is 0 Å². The molecule has 1 amide bonds. The molecule has 1 aromatic carbocycles. The van der Waals surface area contributed by atoms with Gasteiger partial charge in [0.15, 0.2) is 5.82 Å². The van der Waals surface area contributed by atoms with Gasteiger partial charge < -0.3 is 9.84 Å². The number of benzene rings is 1. The first kappa shape index (κ1) is 17.5. The number of likely N-dealkylation sites (N-methyl/N-ethyl adjacent to an activating group) is 1. The lowest BCUT2D eigenvalue weighted by atomic mass is 10.2. The van der Waals surface area contributed by atoms with Crippen LogP contribution in [0, 0.1) is 0 Å². The first-order chi connectivity index (χ1) is 11.0. The third kappa shape index (κ3) is 5.07. The summed E-state index contributed by atoms with van der Waals surface area (Å²) in [5.41, 5.74) is 0.832. The Bertz CT molecular complexity index is 657. The fourth-order valence-corrected chi connectivity index (χ4v) is 2.59. The van der Waals surface area contributed by atoms with Crippen LogP contribution in [0.5, 0.6) is 0 Å².